The summed E-state index contributed by atoms with van der Waals surface area (Å²) < 4.78 is 0. The van der Waals surface area contributed by atoms with Crippen LogP contribution in [0.15, 0.2) is 24.3 Å². The van der Waals surface area contributed by atoms with Gasteiger partial charge < -0.3 is 10.6 Å². The smallest absolute Gasteiger partial charge is 0.237 e. The van der Waals surface area contributed by atoms with E-state index in [-0.39, 0.29) is 23.8 Å². The minimum Gasteiger partial charge on any atom is -0.359 e. The number of amides is 2. The van der Waals surface area contributed by atoms with E-state index in [1.807, 2.05) is 31.2 Å². The summed E-state index contributed by atoms with van der Waals surface area (Å²) in [5.41, 5.74) is 1.02. The standard InChI is InChI=1S/C17H24ClN3O2/c1-12(21-9-7-14(8-10-21)17(23)19-2)16(22)20-11-13-3-5-15(18)6-4-13/h3-6,12,14H,7-11H2,1-2H3,(H,19,23)(H,20,22)/t12-/m0/s1. The molecule has 0 aliphatic carbocycles. The molecule has 23 heavy (non-hydrogen) atoms. The highest BCUT2D eigenvalue weighted by atomic mass is 35.5. The normalized spacial score (nSPS) is 17.5. The lowest BCUT2D eigenvalue weighted by Gasteiger charge is -2.34. The molecule has 1 saturated heterocycles. The van der Waals surface area contributed by atoms with E-state index in [1.165, 1.54) is 0 Å². The van der Waals surface area contributed by atoms with Crippen molar-refractivity contribution in [2.24, 2.45) is 5.92 Å². The Bertz CT molecular complexity index is 539. The van der Waals surface area contributed by atoms with Gasteiger partial charge in [0.15, 0.2) is 0 Å². The van der Waals surface area contributed by atoms with Gasteiger partial charge in [-0.2, -0.15) is 0 Å². The Hall–Kier alpha value is -1.59. The van der Waals surface area contributed by atoms with Crippen molar-refractivity contribution in [2.75, 3.05) is 20.1 Å². The summed E-state index contributed by atoms with van der Waals surface area (Å²) in [6.07, 6.45) is 1.60. The van der Waals surface area contributed by atoms with Gasteiger partial charge in [-0.25, -0.2) is 0 Å². The molecule has 0 aromatic heterocycles. The molecule has 1 aromatic carbocycles. The maximum absolute atomic E-state index is 12.3. The second-order valence-electron chi connectivity index (χ2n) is 5.94. The van der Waals surface area contributed by atoms with E-state index in [9.17, 15) is 9.59 Å². The maximum Gasteiger partial charge on any atom is 0.237 e. The number of benzene rings is 1. The van der Waals surface area contributed by atoms with Gasteiger partial charge in [0, 0.05) is 24.5 Å². The van der Waals surface area contributed by atoms with E-state index in [1.54, 1.807) is 7.05 Å². The van der Waals surface area contributed by atoms with Crippen molar-refractivity contribution in [1.82, 2.24) is 15.5 Å². The molecule has 0 bridgehead atoms. The zero-order chi connectivity index (χ0) is 16.8. The van der Waals surface area contributed by atoms with Gasteiger partial charge >= 0.3 is 0 Å². The van der Waals surface area contributed by atoms with Crippen LogP contribution in [-0.4, -0.2) is 42.9 Å². The first-order chi connectivity index (χ1) is 11.0. The summed E-state index contributed by atoms with van der Waals surface area (Å²) in [5.74, 6) is 0.184. The summed E-state index contributed by atoms with van der Waals surface area (Å²) in [7, 11) is 1.67. The van der Waals surface area contributed by atoms with Crippen molar-refractivity contribution in [3.05, 3.63) is 34.9 Å². The average molecular weight is 338 g/mol. The van der Waals surface area contributed by atoms with Gasteiger partial charge in [-0.1, -0.05) is 23.7 Å². The summed E-state index contributed by atoms with van der Waals surface area (Å²) in [5, 5.41) is 6.34. The third-order valence-corrected chi connectivity index (χ3v) is 4.71. The highest BCUT2D eigenvalue weighted by Gasteiger charge is 2.29. The van der Waals surface area contributed by atoms with E-state index < -0.39 is 0 Å². The van der Waals surface area contributed by atoms with Crippen molar-refractivity contribution in [3.8, 4) is 0 Å². The maximum atomic E-state index is 12.3. The molecular formula is C17H24ClN3O2. The van der Waals surface area contributed by atoms with Crippen LogP contribution in [0.1, 0.15) is 25.3 Å². The number of carbonyl (C=O) groups is 2. The Morgan fingerprint density at radius 1 is 1.26 bits per heavy atom. The third kappa shape index (κ3) is 4.94. The number of likely N-dealkylation sites (tertiary alicyclic amines) is 1. The van der Waals surface area contributed by atoms with Gasteiger partial charge in [-0.05, 0) is 50.6 Å². The minimum absolute atomic E-state index is 0.0124. The third-order valence-electron chi connectivity index (χ3n) is 4.45. The van der Waals surface area contributed by atoms with Crippen molar-refractivity contribution in [2.45, 2.75) is 32.4 Å². The molecule has 1 aromatic rings. The lowest BCUT2D eigenvalue weighted by atomic mass is 9.95. The number of hydrogen-bond donors (Lipinski definition) is 2. The van der Waals surface area contributed by atoms with Crippen LogP contribution in [0.2, 0.25) is 5.02 Å². The summed E-state index contributed by atoms with van der Waals surface area (Å²) in [6.45, 7) is 3.95. The van der Waals surface area contributed by atoms with E-state index in [2.05, 4.69) is 15.5 Å². The van der Waals surface area contributed by atoms with Gasteiger partial charge in [-0.15, -0.1) is 0 Å². The molecule has 2 rings (SSSR count). The molecule has 0 spiro atoms. The lowest BCUT2D eigenvalue weighted by molar-refractivity contribution is -0.128. The van der Waals surface area contributed by atoms with Gasteiger partial charge in [0.05, 0.1) is 6.04 Å². The van der Waals surface area contributed by atoms with Crippen LogP contribution in [0, 0.1) is 5.92 Å². The van der Waals surface area contributed by atoms with Gasteiger partial charge in [0.1, 0.15) is 0 Å². The summed E-state index contributed by atoms with van der Waals surface area (Å²) in [4.78, 5) is 26.1. The van der Waals surface area contributed by atoms with Gasteiger partial charge in [0.25, 0.3) is 0 Å². The van der Waals surface area contributed by atoms with E-state index in [0.29, 0.717) is 11.6 Å². The molecule has 0 unspecified atom stereocenters. The number of nitrogens with one attached hydrogen (secondary N) is 2. The van der Waals surface area contributed by atoms with E-state index >= 15 is 0 Å². The molecule has 2 amide bonds. The first kappa shape index (κ1) is 17.8. The number of piperidine rings is 1. The first-order valence-corrected chi connectivity index (χ1v) is 8.37. The Labute approximate surface area is 142 Å². The van der Waals surface area contributed by atoms with Crippen LogP contribution < -0.4 is 10.6 Å². The topological polar surface area (TPSA) is 61.4 Å². The Morgan fingerprint density at radius 2 is 1.87 bits per heavy atom. The zero-order valence-electron chi connectivity index (χ0n) is 13.6. The molecule has 2 N–H and O–H groups in total. The Kier molecular flexibility index (Phi) is 6.42. The van der Waals surface area contributed by atoms with Gasteiger partial charge in [0.2, 0.25) is 11.8 Å². The molecule has 1 atom stereocenters. The highest BCUT2D eigenvalue weighted by molar-refractivity contribution is 6.30. The molecule has 126 valence electrons. The number of hydrogen-bond acceptors (Lipinski definition) is 3. The molecule has 1 aliphatic rings. The molecule has 1 heterocycles. The lowest BCUT2D eigenvalue weighted by Crippen LogP contribution is -2.49. The van der Waals surface area contributed by atoms with Crippen LogP contribution in [0.3, 0.4) is 0 Å². The zero-order valence-corrected chi connectivity index (χ0v) is 14.4. The predicted octanol–water partition coefficient (Wildman–Crippen LogP) is 1.80. The summed E-state index contributed by atoms with van der Waals surface area (Å²) in [6, 6.07) is 7.25. The highest BCUT2D eigenvalue weighted by Crippen LogP contribution is 2.19. The van der Waals surface area contributed by atoms with Crippen molar-refractivity contribution >= 4 is 23.4 Å². The predicted molar refractivity (Wildman–Crippen MR) is 91.1 cm³/mol. The quantitative estimate of drug-likeness (QED) is 0.861. The number of halogens is 1. The summed E-state index contributed by atoms with van der Waals surface area (Å²) >= 11 is 5.85. The number of nitrogens with zero attached hydrogens (tertiary/aromatic N) is 1. The largest absolute Gasteiger partial charge is 0.359 e. The molecule has 5 nitrogen and oxygen atoms in total. The fourth-order valence-electron chi connectivity index (χ4n) is 2.86. The van der Waals surface area contributed by atoms with E-state index in [4.69, 9.17) is 11.6 Å². The van der Waals surface area contributed by atoms with Crippen LogP contribution in [0.4, 0.5) is 0 Å². The van der Waals surface area contributed by atoms with Crippen LogP contribution in [0.5, 0.6) is 0 Å². The molecule has 0 saturated carbocycles. The van der Waals surface area contributed by atoms with Crippen LogP contribution in [0.25, 0.3) is 0 Å². The Morgan fingerprint density at radius 3 is 2.43 bits per heavy atom. The van der Waals surface area contributed by atoms with Crippen LogP contribution in [-0.2, 0) is 16.1 Å². The van der Waals surface area contributed by atoms with Crippen LogP contribution >= 0.6 is 11.6 Å². The van der Waals surface area contributed by atoms with Crippen molar-refractivity contribution in [3.63, 3.8) is 0 Å². The second kappa shape index (κ2) is 8.31. The SMILES string of the molecule is CNC(=O)C1CCN([C@@H](C)C(=O)NCc2ccc(Cl)cc2)CC1. The monoisotopic (exact) mass is 337 g/mol. The fraction of sp³-hybridized carbons (Fsp3) is 0.529. The molecule has 1 aliphatic heterocycles. The minimum atomic E-state index is -0.187. The van der Waals surface area contributed by atoms with Crippen molar-refractivity contribution in [1.29, 1.82) is 0 Å². The second-order valence-corrected chi connectivity index (χ2v) is 6.38. The number of carbonyl (C=O) groups excluding carboxylic acids is 2. The average Bonchev–Trinajstić information content (AvgIpc) is 2.59. The molecule has 6 heteroatoms. The van der Waals surface area contributed by atoms with Gasteiger partial charge in [-0.3, -0.25) is 14.5 Å². The molecule has 1 fully saturated rings. The Balaban J connectivity index is 1.79. The first-order valence-electron chi connectivity index (χ1n) is 7.99. The fourth-order valence-corrected chi connectivity index (χ4v) is 2.98. The number of rotatable bonds is 5. The molecule has 0 radical (unpaired) electrons. The van der Waals surface area contributed by atoms with Crippen molar-refractivity contribution < 1.29 is 9.59 Å². The molecular weight excluding hydrogens is 314 g/mol. The van der Waals surface area contributed by atoms with E-state index in [0.717, 1.165) is 31.5 Å².